The summed E-state index contributed by atoms with van der Waals surface area (Å²) < 4.78 is 11.2. The largest absolute Gasteiger partial charge is 0.457 e. The molecule has 0 bridgehead atoms. The molecule has 1 aliphatic rings. The van der Waals surface area contributed by atoms with E-state index in [1.807, 2.05) is 60.7 Å². The van der Waals surface area contributed by atoms with E-state index in [1.165, 1.54) is 0 Å². The molecule has 1 aromatic heterocycles. The lowest BCUT2D eigenvalue weighted by Crippen LogP contribution is -2.36. The third kappa shape index (κ3) is 4.35. The first-order valence-corrected chi connectivity index (χ1v) is 9.58. The fraction of sp³-hybridized carbons (Fsp3) is 0.174. The molecular formula is C23H20ClNO3. The average molecular weight is 394 g/mol. The summed E-state index contributed by atoms with van der Waals surface area (Å²) in [5, 5.41) is 0.681. The first kappa shape index (κ1) is 18.5. The van der Waals surface area contributed by atoms with Crippen LogP contribution in [0, 0.1) is 0 Å². The summed E-state index contributed by atoms with van der Waals surface area (Å²) in [5.74, 6) is 1.31. The molecule has 2 heterocycles. The number of allylic oxidation sites excluding steroid dienone is 1. The number of rotatable bonds is 5. The van der Waals surface area contributed by atoms with Crippen LogP contribution in [0.25, 0.3) is 17.4 Å². The first-order valence-electron chi connectivity index (χ1n) is 9.20. The number of ether oxygens (including phenoxy) is 1. The molecule has 0 atom stereocenters. The van der Waals surface area contributed by atoms with Crippen molar-refractivity contribution in [3.05, 3.63) is 83.1 Å². The van der Waals surface area contributed by atoms with Crippen LogP contribution in [0.15, 0.2) is 71.2 Å². The van der Waals surface area contributed by atoms with Crippen LogP contribution < -0.4 is 4.90 Å². The summed E-state index contributed by atoms with van der Waals surface area (Å²) in [6, 6.07) is 18.9. The summed E-state index contributed by atoms with van der Waals surface area (Å²) in [5.41, 5.74) is 2.64. The summed E-state index contributed by atoms with van der Waals surface area (Å²) in [6.07, 6.45) is 3.24. The van der Waals surface area contributed by atoms with Gasteiger partial charge >= 0.3 is 0 Å². The number of carbonyl (C=O) groups is 1. The molecule has 4 nitrogen and oxygen atoms in total. The lowest BCUT2D eigenvalue weighted by Gasteiger charge is -2.29. The van der Waals surface area contributed by atoms with E-state index < -0.39 is 0 Å². The van der Waals surface area contributed by atoms with Crippen LogP contribution in [-0.4, -0.2) is 32.1 Å². The lowest BCUT2D eigenvalue weighted by molar-refractivity contribution is 0.104. The second-order valence-corrected chi connectivity index (χ2v) is 6.99. The van der Waals surface area contributed by atoms with E-state index in [4.69, 9.17) is 20.8 Å². The number of carbonyl (C=O) groups excluding carboxylic acids is 1. The van der Waals surface area contributed by atoms with Gasteiger partial charge < -0.3 is 14.1 Å². The summed E-state index contributed by atoms with van der Waals surface area (Å²) in [4.78, 5) is 14.8. The van der Waals surface area contributed by atoms with Crippen LogP contribution in [0.1, 0.15) is 16.1 Å². The van der Waals surface area contributed by atoms with Gasteiger partial charge in [-0.1, -0.05) is 23.7 Å². The molecule has 0 N–H and O–H groups in total. The van der Waals surface area contributed by atoms with Crippen molar-refractivity contribution in [2.24, 2.45) is 0 Å². The number of hydrogen-bond donors (Lipinski definition) is 0. The molecule has 1 aliphatic heterocycles. The Morgan fingerprint density at radius 2 is 1.79 bits per heavy atom. The van der Waals surface area contributed by atoms with Gasteiger partial charge in [0.2, 0.25) is 0 Å². The Kier molecular flexibility index (Phi) is 5.60. The van der Waals surface area contributed by atoms with Crippen molar-refractivity contribution < 1.29 is 13.9 Å². The zero-order valence-corrected chi connectivity index (χ0v) is 16.1. The van der Waals surface area contributed by atoms with E-state index in [0.717, 1.165) is 30.1 Å². The zero-order valence-electron chi connectivity index (χ0n) is 15.3. The van der Waals surface area contributed by atoms with Crippen molar-refractivity contribution in [1.29, 1.82) is 0 Å². The second-order valence-electron chi connectivity index (χ2n) is 6.56. The third-order valence-electron chi connectivity index (χ3n) is 4.66. The molecule has 1 saturated heterocycles. The van der Waals surface area contributed by atoms with Crippen molar-refractivity contribution in [2.45, 2.75) is 0 Å². The van der Waals surface area contributed by atoms with E-state index in [9.17, 15) is 4.79 Å². The minimum atomic E-state index is -0.0560. The third-order valence-corrected chi connectivity index (χ3v) is 4.91. The highest BCUT2D eigenvalue weighted by molar-refractivity contribution is 6.30. The van der Waals surface area contributed by atoms with Gasteiger partial charge in [-0.25, -0.2) is 0 Å². The Labute approximate surface area is 169 Å². The van der Waals surface area contributed by atoms with Crippen LogP contribution in [0.2, 0.25) is 5.02 Å². The van der Waals surface area contributed by atoms with E-state index in [1.54, 1.807) is 12.2 Å². The molecule has 5 heteroatoms. The Morgan fingerprint density at radius 1 is 1.00 bits per heavy atom. The predicted molar refractivity (Wildman–Crippen MR) is 112 cm³/mol. The number of hydrogen-bond acceptors (Lipinski definition) is 4. The molecule has 0 spiro atoms. The van der Waals surface area contributed by atoms with Crippen molar-refractivity contribution >= 4 is 29.1 Å². The maximum Gasteiger partial charge on any atom is 0.186 e. The van der Waals surface area contributed by atoms with E-state index >= 15 is 0 Å². The molecule has 28 heavy (non-hydrogen) atoms. The normalized spacial score (nSPS) is 14.5. The van der Waals surface area contributed by atoms with Crippen LogP contribution in [0.4, 0.5) is 5.69 Å². The van der Waals surface area contributed by atoms with Gasteiger partial charge in [0.1, 0.15) is 11.5 Å². The Morgan fingerprint density at radius 3 is 2.57 bits per heavy atom. The lowest BCUT2D eigenvalue weighted by atomic mass is 10.1. The maximum absolute atomic E-state index is 12.6. The molecule has 0 radical (unpaired) electrons. The predicted octanol–water partition coefficient (Wildman–Crippen LogP) is 5.33. The molecule has 3 aromatic rings. The second kappa shape index (κ2) is 8.46. The summed E-state index contributed by atoms with van der Waals surface area (Å²) >= 11 is 5.92. The number of morpholine rings is 1. The van der Waals surface area contributed by atoms with Gasteiger partial charge in [-0.15, -0.1) is 0 Å². The van der Waals surface area contributed by atoms with Gasteiger partial charge in [-0.3, -0.25) is 4.79 Å². The number of anilines is 1. The highest BCUT2D eigenvalue weighted by Crippen LogP contribution is 2.24. The van der Waals surface area contributed by atoms with Crippen molar-refractivity contribution in [1.82, 2.24) is 0 Å². The molecular weight excluding hydrogens is 374 g/mol. The van der Waals surface area contributed by atoms with E-state index in [-0.39, 0.29) is 5.78 Å². The van der Waals surface area contributed by atoms with Gasteiger partial charge in [0.25, 0.3) is 0 Å². The number of benzene rings is 2. The highest BCUT2D eigenvalue weighted by Gasteiger charge is 2.12. The smallest absolute Gasteiger partial charge is 0.186 e. The fourth-order valence-corrected chi connectivity index (χ4v) is 3.27. The van der Waals surface area contributed by atoms with Gasteiger partial charge in [-0.05, 0) is 60.7 Å². The molecule has 0 unspecified atom stereocenters. The monoisotopic (exact) mass is 393 g/mol. The fourth-order valence-electron chi connectivity index (χ4n) is 3.14. The van der Waals surface area contributed by atoms with Gasteiger partial charge in [0, 0.05) is 34.9 Å². The quantitative estimate of drug-likeness (QED) is 0.434. The average Bonchev–Trinajstić information content (AvgIpc) is 3.22. The molecule has 0 aliphatic carbocycles. The van der Waals surface area contributed by atoms with Crippen molar-refractivity contribution in [3.63, 3.8) is 0 Å². The number of nitrogens with zero attached hydrogens (tertiary/aromatic N) is 1. The number of furan rings is 1. The number of halogens is 1. The van der Waals surface area contributed by atoms with Crippen molar-refractivity contribution in [3.8, 4) is 11.3 Å². The molecule has 142 valence electrons. The first-order chi connectivity index (χ1) is 13.7. The molecule has 1 fully saturated rings. The van der Waals surface area contributed by atoms with Crippen LogP contribution in [0.5, 0.6) is 0 Å². The molecule has 0 amide bonds. The summed E-state index contributed by atoms with van der Waals surface area (Å²) in [7, 11) is 0. The van der Waals surface area contributed by atoms with Gasteiger partial charge in [0.05, 0.1) is 13.2 Å². The molecule has 0 saturated carbocycles. The van der Waals surface area contributed by atoms with Crippen LogP contribution in [0.3, 0.4) is 0 Å². The Hall–Kier alpha value is -2.82. The maximum atomic E-state index is 12.6. The topological polar surface area (TPSA) is 42.7 Å². The molecule has 4 rings (SSSR count). The highest BCUT2D eigenvalue weighted by atomic mass is 35.5. The van der Waals surface area contributed by atoms with Crippen molar-refractivity contribution in [2.75, 3.05) is 31.2 Å². The van der Waals surface area contributed by atoms with Gasteiger partial charge in [-0.2, -0.15) is 0 Å². The Balaban J connectivity index is 1.46. The molecule has 2 aromatic carbocycles. The minimum Gasteiger partial charge on any atom is -0.457 e. The minimum absolute atomic E-state index is 0.0560. The Bertz CT molecular complexity index is 985. The van der Waals surface area contributed by atoms with Crippen LogP contribution in [-0.2, 0) is 4.74 Å². The number of ketones is 1. The standard InChI is InChI=1S/C23H20ClNO3/c24-19-6-4-17(5-7-19)23-11-9-21(28-23)8-10-22(26)18-2-1-3-20(16-18)25-12-14-27-15-13-25/h1-11,16H,12-15H2/b10-8+. The zero-order chi connectivity index (χ0) is 19.3. The van der Waals surface area contributed by atoms with E-state index in [2.05, 4.69) is 4.90 Å². The van der Waals surface area contributed by atoms with Crippen LogP contribution >= 0.6 is 11.6 Å². The van der Waals surface area contributed by atoms with Gasteiger partial charge in [0.15, 0.2) is 5.78 Å². The van der Waals surface area contributed by atoms with E-state index in [0.29, 0.717) is 29.6 Å². The SMILES string of the molecule is O=C(/C=C/c1ccc(-c2ccc(Cl)cc2)o1)c1cccc(N2CCOCC2)c1. The summed E-state index contributed by atoms with van der Waals surface area (Å²) in [6.45, 7) is 3.11.